The molecule has 9 nitrogen and oxygen atoms in total. The first-order chi connectivity index (χ1) is 15.2. The number of esters is 2. The van der Waals surface area contributed by atoms with Gasteiger partial charge in [-0.15, -0.1) is 0 Å². The zero-order valence-electron chi connectivity index (χ0n) is 20.7. The highest BCUT2D eigenvalue weighted by Gasteiger charge is 2.54. The number of carbonyl (C=O) groups is 2. The van der Waals surface area contributed by atoms with Gasteiger partial charge in [0, 0.05) is 19.5 Å². The van der Waals surface area contributed by atoms with E-state index in [2.05, 4.69) is 4.90 Å². The summed E-state index contributed by atoms with van der Waals surface area (Å²) in [6.07, 6.45) is -0.987. The van der Waals surface area contributed by atoms with Gasteiger partial charge < -0.3 is 29.9 Å². The van der Waals surface area contributed by atoms with Crippen molar-refractivity contribution in [3.05, 3.63) is 11.6 Å². The summed E-state index contributed by atoms with van der Waals surface area (Å²) < 4.78 is 11.1. The summed E-state index contributed by atoms with van der Waals surface area (Å²) in [6.45, 7) is 11.1. The molecule has 0 aromatic heterocycles. The molecule has 2 rings (SSSR count). The third kappa shape index (κ3) is 5.95. The molecule has 2 aliphatic rings. The lowest BCUT2D eigenvalue weighted by Crippen LogP contribution is -2.59. The van der Waals surface area contributed by atoms with Gasteiger partial charge in [-0.2, -0.15) is 0 Å². The molecule has 0 amide bonds. The Morgan fingerprint density at radius 1 is 1.06 bits per heavy atom. The summed E-state index contributed by atoms with van der Waals surface area (Å²) in [6, 6.07) is -0.210. The molecule has 0 unspecified atom stereocenters. The molecular formula is C24H41NO8. The first-order valence-corrected chi connectivity index (χ1v) is 11.8. The summed E-state index contributed by atoms with van der Waals surface area (Å²) in [5.74, 6) is -2.42. The molecule has 0 bridgehead atoms. The van der Waals surface area contributed by atoms with Crippen LogP contribution in [-0.2, 0) is 19.1 Å². The minimum absolute atomic E-state index is 0.0377. The maximum absolute atomic E-state index is 13.3. The third-order valence-electron chi connectivity index (χ3n) is 6.58. The lowest BCUT2D eigenvalue weighted by Gasteiger charge is -2.39. The van der Waals surface area contributed by atoms with Gasteiger partial charge in [0.1, 0.15) is 12.7 Å². The molecule has 0 aromatic carbocycles. The molecule has 0 aromatic rings. The van der Waals surface area contributed by atoms with Crippen LogP contribution in [0.15, 0.2) is 11.6 Å². The average Bonchev–Trinajstić information content (AvgIpc) is 3.27. The van der Waals surface area contributed by atoms with Crippen LogP contribution in [0.3, 0.4) is 0 Å². The van der Waals surface area contributed by atoms with Gasteiger partial charge in [-0.25, -0.2) is 9.59 Å². The van der Waals surface area contributed by atoms with Crippen LogP contribution in [0.5, 0.6) is 0 Å². The summed E-state index contributed by atoms with van der Waals surface area (Å²) in [4.78, 5) is 28.5. The number of carbonyl (C=O) groups excluding carboxylic acids is 2. The van der Waals surface area contributed by atoms with Gasteiger partial charge in [0.15, 0.2) is 5.60 Å². The molecule has 2 aliphatic heterocycles. The molecule has 1 saturated heterocycles. The summed E-state index contributed by atoms with van der Waals surface area (Å²) >= 11 is 0. The molecule has 0 radical (unpaired) electrons. The van der Waals surface area contributed by atoms with Gasteiger partial charge in [0.25, 0.3) is 0 Å². The highest BCUT2D eigenvalue weighted by Crippen LogP contribution is 2.34. The number of aliphatic hydroxyl groups is 4. The second-order valence-corrected chi connectivity index (χ2v) is 10.4. The highest BCUT2D eigenvalue weighted by molar-refractivity contribution is 5.87. The number of fused-ring (bicyclic) bond motifs is 1. The van der Waals surface area contributed by atoms with E-state index in [9.17, 15) is 30.0 Å². The SMILES string of the molecule is CC(C)C[C@@](O)(C(=O)O[C@](CC(C)C)(C(=O)OCC1=CCN2CC[C@@H](O)[C@@H]12)[C@H](C)O)[C@H](C)O. The minimum Gasteiger partial charge on any atom is -0.458 e. The lowest BCUT2D eigenvalue weighted by atomic mass is 9.85. The van der Waals surface area contributed by atoms with Crippen LogP contribution in [0.25, 0.3) is 0 Å². The van der Waals surface area contributed by atoms with Crippen LogP contribution >= 0.6 is 0 Å². The smallest absolute Gasteiger partial charge is 0.353 e. The van der Waals surface area contributed by atoms with Gasteiger partial charge >= 0.3 is 11.9 Å². The fourth-order valence-corrected chi connectivity index (χ4v) is 4.80. The number of hydrogen-bond donors (Lipinski definition) is 4. The summed E-state index contributed by atoms with van der Waals surface area (Å²) in [5, 5.41) is 41.9. The standard InChI is InChI=1S/C24H41NO8/c1-14(2)11-23(31,16(5)26)21(29)33-24(17(6)27,12-15(3)4)22(30)32-13-18-7-9-25-10-8-19(28)20(18)25/h7,14-17,19-20,26-28,31H,8-13H2,1-6H3/t16-,17-,19+,20+,23-,24-/m0/s1. The van der Waals surface area contributed by atoms with E-state index in [0.29, 0.717) is 13.0 Å². The van der Waals surface area contributed by atoms with Crippen LogP contribution in [0.2, 0.25) is 0 Å². The number of rotatable bonds is 11. The first kappa shape index (κ1) is 27.7. The normalized spacial score (nSPS) is 26.4. The van der Waals surface area contributed by atoms with Crippen LogP contribution < -0.4 is 0 Å². The number of ether oxygens (including phenoxy) is 2. The Labute approximate surface area is 196 Å². The van der Waals surface area contributed by atoms with Crippen molar-refractivity contribution in [1.82, 2.24) is 4.90 Å². The summed E-state index contributed by atoms with van der Waals surface area (Å²) in [7, 11) is 0. The Balaban J connectivity index is 2.27. The largest absolute Gasteiger partial charge is 0.458 e. The molecule has 0 aliphatic carbocycles. The third-order valence-corrected chi connectivity index (χ3v) is 6.58. The van der Waals surface area contributed by atoms with E-state index in [1.807, 2.05) is 6.08 Å². The van der Waals surface area contributed by atoms with Gasteiger partial charge in [-0.05, 0) is 44.1 Å². The topological polar surface area (TPSA) is 137 Å². The van der Waals surface area contributed by atoms with Crippen LogP contribution in [0, 0.1) is 11.8 Å². The second kappa shape index (κ2) is 10.8. The first-order valence-electron chi connectivity index (χ1n) is 11.8. The quantitative estimate of drug-likeness (QED) is 0.254. The fraction of sp³-hybridized carbons (Fsp3) is 0.833. The molecule has 1 fully saturated rings. The highest BCUT2D eigenvalue weighted by atomic mass is 16.6. The zero-order chi connectivity index (χ0) is 25.1. The zero-order valence-corrected chi connectivity index (χ0v) is 20.7. The van der Waals surface area contributed by atoms with Gasteiger partial charge in [0.05, 0.1) is 18.2 Å². The second-order valence-electron chi connectivity index (χ2n) is 10.4. The van der Waals surface area contributed by atoms with Crippen molar-refractivity contribution in [2.75, 3.05) is 19.7 Å². The Hall–Kier alpha value is -1.52. The van der Waals surface area contributed by atoms with E-state index in [1.165, 1.54) is 13.8 Å². The maximum atomic E-state index is 13.3. The van der Waals surface area contributed by atoms with Crippen molar-refractivity contribution >= 4 is 11.9 Å². The van der Waals surface area contributed by atoms with Crippen molar-refractivity contribution in [2.24, 2.45) is 11.8 Å². The molecule has 190 valence electrons. The fourth-order valence-electron chi connectivity index (χ4n) is 4.80. The van der Waals surface area contributed by atoms with Crippen molar-refractivity contribution in [2.45, 2.75) is 96.4 Å². The van der Waals surface area contributed by atoms with Crippen LogP contribution in [0.1, 0.15) is 60.8 Å². The number of nitrogens with zero attached hydrogens (tertiary/aromatic N) is 1. The van der Waals surface area contributed by atoms with E-state index < -0.39 is 41.5 Å². The van der Waals surface area contributed by atoms with Gasteiger partial charge in [0.2, 0.25) is 5.60 Å². The maximum Gasteiger partial charge on any atom is 0.353 e. The number of hydrogen-bond acceptors (Lipinski definition) is 9. The van der Waals surface area contributed by atoms with Crippen molar-refractivity contribution < 1.29 is 39.5 Å². The molecule has 9 heteroatoms. The van der Waals surface area contributed by atoms with E-state index in [4.69, 9.17) is 9.47 Å². The van der Waals surface area contributed by atoms with Crippen LogP contribution in [0.4, 0.5) is 0 Å². The Morgan fingerprint density at radius 3 is 2.18 bits per heavy atom. The van der Waals surface area contributed by atoms with Crippen molar-refractivity contribution in [1.29, 1.82) is 0 Å². The number of aliphatic hydroxyl groups excluding tert-OH is 3. The molecule has 0 spiro atoms. The lowest BCUT2D eigenvalue weighted by molar-refractivity contribution is -0.216. The predicted octanol–water partition coefficient (Wildman–Crippen LogP) is 0.772. The molecule has 2 heterocycles. The van der Waals surface area contributed by atoms with Crippen LogP contribution in [-0.4, -0.2) is 92.5 Å². The monoisotopic (exact) mass is 471 g/mol. The predicted molar refractivity (Wildman–Crippen MR) is 121 cm³/mol. The van der Waals surface area contributed by atoms with Gasteiger partial charge in [-0.1, -0.05) is 33.8 Å². The molecule has 6 atom stereocenters. The minimum atomic E-state index is -2.24. The Morgan fingerprint density at radius 2 is 1.67 bits per heavy atom. The molecule has 33 heavy (non-hydrogen) atoms. The van der Waals surface area contributed by atoms with E-state index in [0.717, 1.165) is 12.1 Å². The Bertz CT molecular complexity index is 734. The Kier molecular flexibility index (Phi) is 9.09. The van der Waals surface area contributed by atoms with E-state index in [1.54, 1.807) is 27.7 Å². The summed E-state index contributed by atoms with van der Waals surface area (Å²) in [5.41, 5.74) is -3.53. The van der Waals surface area contributed by atoms with E-state index in [-0.39, 0.29) is 37.3 Å². The molecule has 0 saturated carbocycles. The molecular weight excluding hydrogens is 430 g/mol. The molecule has 4 N–H and O–H groups in total. The van der Waals surface area contributed by atoms with Crippen molar-refractivity contribution in [3.63, 3.8) is 0 Å². The van der Waals surface area contributed by atoms with Gasteiger partial charge in [-0.3, -0.25) is 4.90 Å². The average molecular weight is 472 g/mol. The van der Waals surface area contributed by atoms with Crippen molar-refractivity contribution in [3.8, 4) is 0 Å². The van der Waals surface area contributed by atoms with E-state index >= 15 is 0 Å².